The Kier molecular flexibility index (Phi) is 5.70. The van der Waals surface area contributed by atoms with E-state index in [2.05, 4.69) is 5.32 Å². The predicted octanol–water partition coefficient (Wildman–Crippen LogP) is 5.04. The number of fused-ring (bicyclic) bond motifs is 2. The summed E-state index contributed by atoms with van der Waals surface area (Å²) in [5.74, 6) is -1.37. The van der Waals surface area contributed by atoms with E-state index in [-0.39, 0.29) is 28.9 Å². The summed E-state index contributed by atoms with van der Waals surface area (Å²) in [6.45, 7) is 1.46. The second kappa shape index (κ2) is 8.85. The summed E-state index contributed by atoms with van der Waals surface area (Å²) in [6.07, 6.45) is 3.58. The molecule has 1 atom stereocenters. The van der Waals surface area contributed by atoms with Gasteiger partial charge in [-0.05, 0) is 47.5 Å². The molecule has 35 heavy (non-hydrogen) atoms. The highest BCUT2D eigenvalue weighted by molar-refractivity contribution is 6.40. The third-order valence-corrected chi connectivity index (χ3v) is 6.42. The van der Waals surface area contributed by atoms with Crippen LogP contribution in [0.5, 0.6) is 0 Å². The Morgan fingerprint density at radius 3 is 2.26 bits per heavy atom. The highest BCUT2D eigenvalue weighted by Crippen LogP contribution is 2.36. The molecule has 1 N–H and O–H groups in total. The summed E-state index contributed by atoms with van der Waals surface area (Å²) in [4.78, 5) is 53.2. The van der Waals surface area contributed by atoms with Crippen LogP contribution in [0, 0.1) is 0 Å². The molecule has 3 aromatic carbocycles. The van der Waals surface area contributed by atoms with Crippen LogP contribution < -0.4 is 10.2 Å². The first-order valence-electron chi connectivity index (χ1n) is 11.0. The van der Waals surface area contributed by atoms with E-state index in [1.165, 1.54) is 19.1 Å². The normalized spacial score (nSPS) is 16.2. The van der Waals surface area contributed by atoms with Crippen LogP contribution >= 0.6 is 11.6 Å². The molecular formula is C27H20ClN3O4. The number of nitrogens with one attached hydrogen (secondary N) is 1. The average molecular weight is 486 g/mol. The molecule has 0 fully saturated rings. The first-order valence-corrected chi connectivity index (χ1v) is 11.4. The number of amides is 4. The van der Waals surface area contributed by atoms with E-state index in [0.717, 1.165) is 16.0 Å². The van der Waals surface area contributed by atoms with E-state index < -0.39 is 17.9 Å². The Morgan fingerprint density at radius 1 is 0.943 bits per heavy atom. The van der Waals surface area contributed by atoms with Gasteiger partial charge in [-0.3, -0.25) is 19.2 Å². The molecule has 4 amide bonds. The molecule has 7 nitrogen and oxygen atoms in total. The SMILES string of the molecule is CC(=O)N1C=Cc2ccccc2C1CC(=O)Nc1ccc(N2C(=O)c3ccccc3C2=O)c(Cl)c1. The fraction of sp³-hybridized carbons (Fsp3) is 0.111. The summed E-state index contributed by atoms with van der Waals surface area (Å²) < 4.78 is 0. The highest BCUT2D eigenvalue weighted by atomic mass is 35.5. The molecule has 2 aliphatic heterocycles. The van der Waals surface area contributed by atoms with E-state index in [0.29, 0.717) is 16.8 Å². The minimum Gasteiger partial charge on any atom is -0.326 e. The van der Waals surface area contributed by atoms with Crippen molar-refractivity contribution in [1.82, 2.24) is 4.90 Å². The molecule has 0 bridgehead atoms. The topological polar surface area (TPSA) is 86.8 Å². The van der Waals surface area contributed by atoms with Gasteiger partial charge in [0, 0.05) is 18.8 Å². The monoisotopic (exact) mass is 485 g/mol. The maximum atomic E-state index is 12.9. The second-order valence-corrected chi connectivity index (χ2v) is 8.70. The molecule has 5 rings (SSSR count). The van der Waals surface area contributed by atoms with E-state index in [9.17, 15) is 19.2 Å². The number of hydrogen-bond acceptors (Lipinski definition) is 4. The van der Waals surface area contributed by atoms with Crippen LogP contribution in [0.2, 0.25) is 5.02 Å². The van der Waals surface area contributed by atoms with E-state index in [4.69, 9.17) is 11.6 Å². The quantitative estimate of drug-likeness (QED) is 0.524. The van der Waals surface area contributed by atoms with Gasteiger partial charge in [-0.1, -0.05) is 48.0 Å². The van der Waals surface area contributed by atoms with Crippen LogP contribution in [0.3, 0.4) is 0 Å². The standard InChI is InChI=1S/C27H20ClN3O4/c1-16(32)30-13-12-17-6-2-3-7-19(17)24(30)15-25(33)29-18-10-11-23(22(28)14-18)31-26(34)20-8-4-5-9-21(20)27(31)35/h2-14,24H,15H2,1H3,(H,29,33). The third kappa shape index (κ3) is 4.00. The van der Waals surface area contributed by atoms with Gasteiger partial charge in [0.2, 0.25) is 11.8 Å². The van der Waals surface area contributed by atoms with Gasteiger partial charge in [0.05, 0.1) is 34.3 Å². The molecule has 2 heterocycles. The van der Waals surface area contributed by atoms with Crippen molar-refractivity contribution in [2.75, 3.05) is 10.2 Å². The Balaban J connectivity index is 1.34. The van der Waals surface area contributed by atoms with Crippen molar-refractivity contribution >= 4 is 52.7 Å². The molecule has 0 spiro atoms. The Morgan fingerprint density at radius 2 is 1.60 bits per heavy atom. The van der Waals surface area contributed by atoms with Gasteiger partial charge >= 0.3 is 0 Å². The number of nitrogens with zero attached hydrogens (tertiary/aromatic N) is 2. The van der Waals surface area contributed by atoms with Crippen molar-refractivity contribution in [3.05, 3.63) is 100 Å². The number of rotatable bonds is 4. The molecule has 3 aromatic rings. The maximum Gasteiger partial charge on any atom is 0.266 e. The fourth-order valence-electron chi connectivity index (χ4n) is 4.47. The molecule has 174 valence electrons. The molecule has 0 aliphatic carbocycles. The summed E-state index contributed by atoms with van der Waals surface area (Å²) in [7, 11) is 0. The van der Waals surface area contributed by atoms with Crippen LogP contribution in [-0.4, -0.2) is 28.5 Å². The van der Waals surface area contributed by atoms with Crippen LogP contribution in [0.25, 0.3) is 6.08 Å². The van der Waals surface area contributed by atoms with Gasteiger partial charge in [-0.25, -0.2) is 4.90 Å². The van der Waals surface area contributed by atoms with Crippen molar-refractivity contribution in [2.24, 2.45) is 0 Å². The average Bonchev–Trinajstić information content (AvgIpc) is 3.09. The zero-order chi connectivity index (χ0) is 24.7. The van der Waals surface area contributed by atoms with Crippen molar-refractivity contribution in [1.29, 1.82) is 0 Å². The molecule has 2 aliphatic rings. The molecular weight excluding hydrogens is 466 g/mol. The molecule has 0 saturated carbocycles. The van der Waals surface area contributed by atoms with Gasteiger partial charge in [0.15, 0.2) is 0 Å². The summed E-state index contributed by atoms with van der Waals surface area (Å²) in [6, 6.07) is 18.4. The number of halogens is 1. The number of carbonyl (C=O) groups excluding carboxylic acids is 4. The minimum atomic E-state index is -0.447. The third-order valence-electron chi connectivity index (χ3n) is 6.11. The van der Waals surface area contributed by atoms with E-state index in [1.807, 2.05) is 30.3 Å². The van der Waals surface area contributed by atoms with Gasteiger partial charge in [0.1, 0.15) is 0 Å². The Bertz CT molecular complexity index is 1400. The van der Waals surface area contributed by atoms with Gasteiger partial charge in [-0.2, -0.15) is 0 Å². The lowest BCUT2D eigenvalue weighted by atomic mass is 9.93. The zero-order valence-corrected chi connectivity index (χ0v) is 19.5. The Hall–Kier alpha value is -4.23. The highest BCUT2D eigenvalue weighted by Gasteiger charge is 2.37. The summed E-state index contributed by atoms with van der Waals surface area (Å²) >= 11 is 6.43. The van der Waals surface area contributed by atoms with Crippen molar-refractivity contribution in [3.8, 4) is 0 Å². The molecule has 8 heteroatoms. The second-order valence-electron chi connectivity index (χ2n) is 8.30. The van der Waals surface area contributed by atoms with Crippen molar-refractivity contribution in [2.45, 2.75) is 19.4 Å². The first kappa shape index (κ1) is 22.6. The lowest BCUT2D eigenvalue weighted by Gasteiger charge is -2.32. The summed E-state index contributed by atoms with van der Waals surface area (Å²) in [5.41, 5.74) is 3.14. The number of benzene rings is 3. The van der Waals surface area contributed by atoms with E-state index >= 15 is 0 Å². The predicted molar refractivity (Wildman–Crippen MR) is 133 cm³/mol. The van der Waals surface area contributed by atoms with Gasteiger partial charge in [0.25, 0.3) is 11.8 Å². The lowest BCUT2D eigenvalue weighted by Crippen LogP contribution is -2.33. The number of carbonyl (C=O) groups is 4. The van der Waals surface area contributed by atoms with Gasteiger partial charge < -0.3 is 10.2 Å². The van der Waals surface area contributed by atoms with Crippen molar-refractivity contribution in [3.63, 3.8) is 0 Å². The molecule has 0 saturated heterocycles. The smallest absolute Gasteiger partial charge is 0.266 e. The maximum absolute atomic E-state index is 12.9. The van der Waals surface area contributed by atoms with Crippen LogP contribution in [-0.2, 0) is 9.59 Å². The first-order chi connectivity index (χ1) is 16.8. The van der Waals surface area contributed by atoms with Crippen LogP contribution in [0.15, 0.2) is 72.9 Å². The minimum absolute atomic E-state index is 0.0404. The number of imide groups is 1. The molecule has 1 unspecified atom stereocenters. The molecule has 0 radical (unpaired) electrons. The molecule has 0 aromatic heterocycles. The van der Waals surface area contributed by atoms with Crippen LogP contribution in [0.1, 0.15) is 51.2 Å². The van der Waals surface area contributed by atoms with E-state index in [1.54, 1.807) is 41.4 Å². The van der Waals surface area contributed by atoms with Crippen LogP contribution in [0.4, 0.5) is 11.4 Å². The Labute approximate surface area is 206 Å². The fourth-order valence-corrected chi connectivity index (χ4v) is 4.74. The number of anilines is 2. The van der Waals surface area contributed by atoms with Crippen molar-refractivity contribution < 1.29 is 19.2 Å². The van der Waals surface area contributed by atoms with Gasteiger partial charge in [-0.15, -0.1) is 0 Å². The zero-order valence-electron chi connectivity index (χ0n) is 18.7. The number of hydrogen-bond donors (Lipinski definition) is 1. The summed E-state index contributed by atoms with van der Waals surface area (Å²) in [5, 5.41) is 2.95. The lowest BCUT2D eigenvalue weighted by molar-refractivity contribution is -0.129. The largest absolute Gasteiger partial charge is 0.326 e.